The van der Waals surface area contributed by atoms with E-state index in [9.17, 15) is 4.79 Å². The van der Waals surface area contributed by atoms with Crippen molar-refractivity contribution >= 4 is 5.97 Å². The quantitative estimate of drug-likeness (QED) is 0.138. The molecule has 3 heteroatoms. The molecule has 0 spiro atoms. The van der Waals surface area contributed by atoms with E-state index < -0.39 is 0 Å². The summed E-state index contributed by atoms with van der Waals surface area (Å²) in [5, 5.41) is 0. The maximum Gasteiger partial charge on any atom is 0.308 e. The normalized spacial score (nSPS) is 14.3. The average Bonchev–Trinajstić information content (AvgIpc) is 2.61. The molecule has 0 saturated heterocycles. The van der Waals surface area contributed by atoms with E-state index in [0.29, 0.717) is 26.2 Å². The third-order valence-electron chi connectivity index (χ3n) is 5.47. The van der Waals surface area contributed by atoms with E-state index >= 15 is 0 Å². The Kier molecular flexibility index (Phi) is 17.7. The van der Waals surface area contributed by atoms with E-state index in [0.717, 1.165) is 24.2 Å². The van der Waals surface area contributed by atoms with Gasteiger partial charge in [-0.2, -0.15) is 0 Å². The predicted molar refractivity (Wildman–Crippen MR) is 121 cm³/mol. The van der Waals surface area contributed by atoms with Crippen LogP contribution in [-0.2, 0) is 14.3 Å². The SMILES string of the molecule is CCOCCC(=O)OCC=C(C)CCCC(C)CCCC(C)CCCC(C)C. The first-order valence-electron chi connectivity index (χ1n) is 11.7. The smallest absolute Gasteiger partial charge is 0.308 e. The van der Waals surface area contributed by atoms with Crippen LogP contribution in [0.25, 0.3) is 0 Å². The van der Waals surface area contributed by atoms with Crippen molar-refractivity contribution in [3.05, 3.63) is 11.6 Å². The lowest BCUT2D eigenvalue weighted by Gasteiger charge is -2.15. The summed E-state index contributed by atoms with van der Waals surface area (Å²) >= 11 is 0. The van der Waals surface area contributed by atoms with E-state index in [2.05, 4.69) is 34.6 Å². The van der Waals surface area contributed by atoms with Gasteiger partial charge in [-0.1, -0.05) is 78.2 Å². The molecule has 28 heavy (non-hydrogen) atoms. The van der Waals surface area contributed by atoms with Crippen molar-refractivity contribution in [2.75, 3.05) is 19.8 Å². The topological polar surface area (TPSA) is 35.5 Å². The van der Waals surface area contributed by atoms with Crippen molar-refractivity contribution in [3.8, 4) is 0 Å². The molecule has 0 bridgehead atoms. The summed E-state index contributed by atoms with van der Waals surface area (Å²) in [5.41, 5.74) is 1.32. The van der Waals surface area contributed by atoms with Gasteiger partial charge in [-0.3, -0.25) is 4.79 Å². The molecule has 3 nitrogen and oxygen atoms in total. The fourth-order valence-electron chi connectivity index (χ4n) is 3.46. The second-order valence-corrected chi connectivity index (χ2v) is 9.04. The number of hydrogen-bond acceptors (Lipinski definition) is 3. The van der Waals surface area contributed by atoms with Crippen LogP contribution < -0.4 is 0 Å². The molecule has 0 N–H and O–H groups in total. The molecule has 2 unspecified atom stereocenters. The van der Waals surface area contributed by atoms with E-state index in [1.54, 1.807) is 0 Å². The molecule has 0 heterocycles. The zero-order valence-electron chi connectivity index (χ0n) is 19.7. The molecule has 0 saturated carbocycles. The van der Waals surface area contributed by atoms with E-state index in [4.69, 9.17) is 9.47 Å². The third kappa shape index (κ3) is 18.5. The molecule has 0 amide bonds. The number of carbonyl (C=O) groups excluding carboxylic acids is 1. The molecule has 2 atom stereocenters. The molecule has 166 valence electrons. The fourth-order valence-corrected chi connectivity index (χ4v) is 3.46. The van der Waals surface area contributed by atoms with Gasteiger partial charge in [0.25, 0.3) is 0 Å². The number of esters is 1. The molecule has 0 aliphatic carbocycles. The maximum atomic E-state index is 11.5. The molecule has 0 aromatic rings. The van der Waals surface area contributed by atoms with Crippen LogP contribution >= 0.6 is 0 Å². The Bertz CT molecular complexity index is 401. The van der Waals surface area contributed by atoms with Gasteiger partial charge in [-0.25, -0.2) is 0 Å². The summed E-state index contributed by atoms with van der Waals surface area (Å²) in [6.07, 6.45) is 14.3. The average molecular weight is 397 g/mol. The predicted octanol–water partition coefficient (Wildman–Crippen LogP) is 7.34. The van der Waals surface area contributed by atoms with Crippen molar-refractivity contribution < 1.29 is 14.3 Å². The zero-order valence-corrected chi connectivity index (χ0v) is 19.7. The summed E-state index contributed by atoms with van der Waals surface area (Å²) in [7, 11) is 0. The summed E-state index contributed by atoms with van der Waals surface area (Å²) in [6, 6.07) is 0. The van der Waals surface area contributed by atoms with E-state index in [1.165, 1.54) is 56.9 Å². The van der Waals surface area contributed by atoms with Crippen LogP contribution in [0.3, 0.4) is 0 Å². The highest BCUT2D eigenvalue weighted by Crippen LogP contribution is 2.22. The number of rotatable bonds is 18. The van der Waals surface area contributed by atoms with Crippen LogP contribution in [-0.4, -0.2) is 25.8 Å². The van der Waals surface area contributed by atoms with Crippen molar-refractivity contribution in [2.45, 2.75) is 106 Å². The molecule has 0 rings (SSSR count). The Morgan fingerprint density at radius 2 is 1.43 bits per heavy atom. The molecule has 0 aromatic carbocycles. The number of hydrogen-bond donors (Lipinski definition) is 0. The van der Waals surface area contributed by atoms with Gasteiger partial charge >= 0.3 is 5.97 Å². The second-order valence-electron chi connectivity index (χ2n) is 9.04. The number of allylic oxidation sites excluding steroid dienone is 1. The van der Waals surface area contributed by atoms with Gasteiger partial charge < -0.3 is 9.47 Å². The third-order valence-corrected chi connectivity index (χ3v) is 5.47. The van der Waals surface area contributed by atoms with Gasteiger partial charge in [-0.15, -0.1) is 0 Å². The van der Waals surface area contributed by atoms with Crippen molar-refractivity contribution in [1.82, 2.24) is 0 Å². The van der Waals surface area contributed by atoms with Gasteiger partial charge in [0.2, 0.25) is 0 Å². The Morgan fingerprint density at radius 3 is 2.00 bits per heavy atom. The minimum absolute atomic E-state index is 0.176. The molecular weight excluding hydrogens is 348 g/mol. The Hall–Kier alpha value is -0.830. The minimum atomic E-state index is -0.176. The Balaban J connectivity index is 3.67. The van der Waals surface area contributed by atoms with Crippen LogP contribution in [0.4, 0.5) is 0 Å². The number of carbonyl (C=O) groups is 1. The molecular formula is C25H48O3. The van der Waals surface area contributed by atoms with E-state index in [1.807, 2.05) is 13.0 Å². The van der Waals surface area contributed by atoms with Crippen LogP contribution in [0.15, 0.2) is 11.6 Å². The highest BCUT2D eigenvalue weighted by molar-refractivity contribution is 5.69. The molecule has 0 aliphatic rings. The highest BCUT2D eigenvalue weighted by atomic mass is 16.5. The first kappa shape index (κ1) is 27.2. The van der Waals surface area contributed by atoms with Crippen LogP contribution in [0.2, 0.25) is 0 Å². The lowest BCUT2D eigenvalue weighted by molar-refractivity contribution is -0.143. The largest absolute Gasteiger partial charge is 0.461 e. The minimum Gasteiger partial charge on any atom is -0.461 e. The molecule has 0 fully saturated rings. The van der Waals surface area contributed by atoms with Gasteiger partial charge in [0.05, 0.1) is 13.0 Å². The van der Waals surface area contributed by atoms with Crippen LogP contribution in [0, 0.1) is 17.8 Å². The standard InChI is InChI=1S/C25H48O3/c1-7-27-19-18-25(26)28-20-17-24(6)16-10-15-23(5)14-9-13-22(4)12-8-11-21(2)3/h17,21-23H,7-16,18-20H2,1-6H3. The lowest BCUT2D eigenvalue weighted by atomic mass is 9.91. The van der Waals surface area contributed by atoms with Crippen LogP contribution in [0.5, 0.6) is 0 Å². The summed E-state index contributed by atoms with van der Waals surface area (Å²) in [4.78, 5) is 11.5. The monoisotopic (exact) mass is 396 g/mol. The fraction of sp³-hybridized carbons (Fsp3) is 0.880. The molecule has 0 aromatic heterocycles. The zero-order chi connectivity index (χ0) is 21.2. The second kappa shape index (κ2) is 18.2. The summed E-state index contributed by atoms with van der Waals surface area (Å²) in [5.74, 6) is 2.36. The lowest BCUT2D eigenvalue weighted by Crippen LogP contribution is -2.08. The van der Waals surface area contributed by atoms with Gasteiger partial charge in [0.15, 0.2) is 0 Å². The maximum absolute atomic E-state index is 11.5. The summed E-state index contributed by atoms with van der Waals surface area (Å²) < 4.78 is 10.4. The van der Waals surface area contributed by atoms with Crippen molar-refractivity contribution in [2.24, 2.45) is 17.8 Å². The summed E-state index contributed by atoms with van der Waals surface area (Å²) in [6.45, 7) is 15.0. The van der Waals surface area contributed by atoms with Crippen LogP contribution in [0.1, 0.15) is 106 Å². The molecule has 0 radical (unpaired) electrons. The number of ether oxygens (including phenoxy) is 2. The first-order valence-corrected chi connectivity index (χ1v) is 11.7. The van der Waals surface area contributed by atoms with Crippen molar-refractivity contribution in [1.29, 1.82) is 0 Å². The van der Waals surface area contributed by atoms with Crippen molar-refractivity contribution in [3.63, 3.8) is 0 Å². The van der Waals surface area contributed by atoms with E-state index in [-0.39, 0.29) is 5.97 Å². The Morgan fingerprint density at radius 1 is 0.857 bits per heavy atom. The van der Waals surface area contributed by atoms with Gasteiger partial charge in [-0.05, 0) is 50.5 Å². The Labute approximate surface area is 175 Å². The molecule has 0 aliphatic heterocycles. The van der Waals surface area contributed by atoms with Gasteiger partial charge in [0.1, 0.15) is 6.61 Å². The highest BCUT2D eigenvalue weighted by Gasteiger charge is 2.07. The van der Waals surface area contributed by atoms with Gasteiger partial charge in [0, 0.05) is 6.61 Å². The first-order chi connectivity index (χ1) is 13.3.